The first-order valence-electron chi connectivity index (χ1n) is 4.82. The molecule has 5 nitrogen and oxygen atoms in total. The quantitative estimate of drug-likeness (QED) is 0.578. The van der Waals surface area contributed by atoms with Crippen molar-refractivity contribution >= 4 is 10.2 Å². The SMILES string of the molecule is CCOc1cc(S(=O)(=O)F)ccc1OCOC. The first-order valence-corrected chi connectivity index (χ1v) is 6.20. The molecule has 96 valence electrons. The van der Waals surface area contributed by atoms with E-state index in [1.807, 2.05) is 0 Å². The summed E-state index contributed by atoms with van der Waals surface area (Å²) in [5, 5.41) is 0. The van der Waals surface area contributed by atoms with E-state index in [0.29, 0.717) is 12.4 Å². The van der Waals surface area contributed by atoms with Crippen molar-refractivity contribution in [3.63, 3.8) is 0 Å². The van der Waals surface area contributed by atoms with Gasteiger partial charge in [0.25, 0.3) is 0 Å². The van der Waals surface area contributed by atoms with Crippen LogP contribution in [0.4, 0.5) is 3.89 Å². The van der Waals surface area contributed by atoms with Gasteiger partial charge in [-0.3, -0.25) is 0 Å². The number of benzene rings is 1. The largest absolute Gasteiger partial charge is 0.490 e. The molecule has 0 aromatic heterocycles. The highest BCUT2D eigenvalue weighted by atomic mass is 32.3. The minimum Gasteiger partial charge on any atom is -0.490 e. The molecule has 0 unspecified atom stereocenters. The molecule has 1 aromatic carbocycles. The van der Waals surface area contributed by atoms with Crippen molar-refractivity contribution in [3.05, 3.63) is 18.2 Å². The van der Waals surface area contributed by atoms with E-state index in [4.69, 9.17) is 14.2 Å². The standard InChI is InChI=1S/C10H13FO5S/c1-3-15-10-6-8(17(11,12)13)4-5-9(10)16-7-14-2/h4-6H,3,7H2,1-2H3. The minimum absolute atomic E-state index is 0.0121. The minimum atomic E-state index is -4.75. The lowest BCUT2D eigenvalue weighted by Crippen LogP contribution is -2.03. The van der Waals surface area contributed by atoms with E-state index in [-0.39, 0.29) is 12.5 Å². The number of hydrogen-bond acceptors (Lipinski definition) is 5. The number of rotatable bonds is 6. The van der Waals surface area contributed by atoms with Crippen LogP contribution in [0.5, 0.6) is 11.5 Å². The zero-order valence-electron chi connectivity index (χ0n) is 9.47. The molecular formula is C10H13FO5S. The van der Waals surface area contributed by atoms with Crippen molar-refractivity contribution in [1.82, 2.24) is 0 Å². The molecule has 0 aliphatic heterocycles. The maximum Gasteiger partial charge on any atom is 0.332 e. The summed E-state index contributed by atoms with van der Waals surface area (Å²) in [5.41, 5.74) is 0. The molecule has 0 atom stereocenters. The summed E-state index contributed by atoms with van der Waals surface area (Å²) in [4.78, 5) is -0.467. The Morgan fingerprint density at radius 3 is 2.47 bits per heavy atom. The van der Waals surface area contributed by atoms with Crippen LogP contribution in [0.15, 0.2) is 23.1 Å². The Kier molecular flexibility index (Phi) is 4.71. The van der Waals surface area contributed by atoms with Gasteiger partial charge in [0.1, 0.15) is 4.90 Å². The van der Waals surface area contributed by atoms with Crippen LogP contribution in [0.2, 0.25) is 0 Å². The first-order chi connectivity index (χ1) is 7.99. The smallest absolute Gasteiger partial charge is 0.332 e. The number of methoxy groups -OCH3 is 1. The highest BCUT2D eigenvalue weighted by Gasteiger charge is 2.15. The van der Waals surface area contributed by atoms with E-state index in [2.05, 4.69) is 0 Å². The van der Waals surface area contributed by atoms with Crippen LogP contribution < -0.4 is 9.47 Å². The molecule has 17 heavy (non-hydrogen) atoms. The summed E-state index contributed by atoms with van der Waals surface area (Å²) in [5.74, 6) is 0.448. The Bertz CT molecular complexity index is 472. The van der Waals surface area contributed by atoms with Crippen molar-refractivity contribution in [1.29, 1.82) is 0 Å². The number of halogens is 1. The number of ether oxygens (including phenoxy) is 3. The topological polar surface area (TPSA) is 61.8 Å². The van der Waals surface area contributed by atoms with Gasteiger partial charge in [0.15, 0.2) is 18.3 Å². The van der Waals surface area contributed by atoms with Gasteiger partial charge < -0.3 is 14.2 Å². The van der Waals surface area contributed by atoms with Gasteiger partial charge in [-0.1, -0.05) is 0 Å². The highest BCUT2D eigenvalue weighted by molar-refractivity contribution is 7.86. The molecule has 7 heteroatoms. The summed E-state index contributed by atoms with van der Waals surface area (Å²) in [6.45, 7) is 2.01. The van der Waals surface area contributed by atoms with Crippen LogP contribution in [0, 0.1) is 0 Å². The van der Waals surface area contributed by atoms with Crippen molar-refractivity contribution < 1.29 is 26.5 Å². The molecule has 0 aliphatic rings. The lowest BCUT2D eigenvalue weighted by Gasteiger charge is -2.11. The molecule has 0 fully saturated rings. The van der Waals surface area contributed by atoms with Crippen LogP contribution in [0.3, 0.4) is 0 Å². The van der Waals surface area contributed by atoms with Crippen LogP contribution in [0.1, 0.15) is 6.92 Å². The Morgan fingerprint density at radius 2 is 1.94 bits per heavy atom. The van der Waals surface area contributed by atoms with E-state index in [1.165, 1.54) is 13.2 Å². The highest BCUT2D eigenvalue weighted by Crippen LogP contribution is 2.30. The second-order valence-electron chi connectivity index (χ2n) is 3.03. The second kappa shape index (κ2) is 5.83. The average Bonchev–Trinajstić information content (AvgIpc) is 2.26. The molecule has 0 saturated heterocycles. The van der Waals surface area contributed by atoms with Crippen LogP contribution >= 0.6 is 0 Å². The van der Waals surface area contributed by atoms with E-state index in [9.17, 15) is 12.3 Å². The third-order valence-electron chi connectivity index (χ3n) is 1.83. The van der Waals surface area contributed by atoms with Crippen LogP contribution in [0.25, 0.3) is 0 Å². The predicted octanol–water partition coefficient (Wildman–Crippen LogP) is 1.73. The predicted molar refractivity (Wildman–Crippen MR) is 58.4 cm³/mol. The Labute approximate surface area is 99.3 Å². The van der Waals surface area contributed by atoms with Crippen molar-refractivity contribution in [2.24, 2.45) is 0 Å². The summed E-state index contributed by atoms with van der Waals surface area (Å²) in [6, 6.07) is 3.49. The summed E-state index contributed by atoms with van der Waals surface area (Å²) >= 11 is 0. The second-order valence-corrected chi connectivity index (χ2v) is 4.38. The van der Waals surface area contributed by atoms with Gasteiger partial charge in [-0.25, -0.2) is 0 Å². The molecule has 0 spiro atoms. The zero-order chi connectivity index (χ0) is 12.9. The first kappa shape index (κ1) is 13.7. The molecule has 0 N–H and O–H groups in total. The summed E-state index contributed by atoms with van der Waals surface area (Å²) < 4.78 is 49.2. The van der Waals surface area contributed by atoms with Gasteiger partial charge >= 0.3 is 10.2 Å². The van der Waals surface area contributed by atoms with Gasteiger partial charge in [-0.2, -0.15) is 8.42 Å². The van der Waals surface area contributed by atoms with Gasteiger partial charge in [0.05, 0.1) is 6.61 Å². The Hall–Kier alpha value is -1.34. The molecule has 0 bridgehead atoms. The zero-order valence-corrected chi connectivity index (χ0v) is 10.3. The summed E-state index contributed by atoms with van der Waals surface area (Å²) in [6.07, 6.45) is 0. The maximum absolute atomic E-state index is 12.8. The normalized spacial score (nSPS) is 11.2. The van der Waals surface area contributed by atoms with Crippen molar-refractivity contribution in [2.45, 2.75) is 11.8 Å². The summed E-state index contributed by atoms with van der Waals surface area (Å²) in [7, 11) is -3.30. The molecule has 1 aromatic rings. The van der Waals surface area contributed by atoms with E-state index < -0.39 is 15.1 Å². The molecule has 0 aliphatic carbocycles. The fourth-order valence-corrected chi connectivity index (χ4v) is 1.63. The van der Waals surface area contributed by atoms with Crippen LogP contribution in [-0.4, -0.2) is 28.9 Å². The molecular weight excluding hydrogens is 251 g/mol. The van der Waals surface area contributed by atoms with Gasteiger partial charge in [-0.15, -0.1) is 3.89 Å². The van der Waals surface area contributed by atoms with E-state index in [1.54, 1.807) is 6.92 Å². The van der Waals surface area contributed by atoms with Crippen molar-refractivity contribution in [2.75, 3.05) is 20.5 Å². The Balaban J connectivity index is 3.08. The monoisotopic (exact) mass is 264 g/mol. The lowest BCUT2D eigenvalue weighted by atomic mass is 10.3. The fourth-order valence-electron chi connectivity index (χ4n) is 1.15. The third kappa shape index (κ3) is 3.86. The van der Waals surface area contributed by atoms with Gasteiger partial charge in [0, 0.05) is 13.2 Å². The molecule has 0 saturated carbocycles. The van der Waals surface area contributed by atoms with E-state index in [0.717, 1.165) is 12.1 Å². The van der Waals surface area contributed by atoms with E-state index >= 15 is 0 Å². The molecule has 1 rings (SSSR count). The van der Waals surface area contributed by atoms with Gasteiger partial charge in [0.2, 0.25) is 0 Å². The van der Waals surface area contributed by atoms with Crippen LogP contribution in [-0.2, 0) is 15.0 Å². The van der Waals surface area contributed by atoms with Crippen molar-refractivity contribution in [3.8, 4) is 11.5 Å². The molecule has 0 radical (unpaired) electrons. The average molecular weight is 264 g/mol. The lowest BCUT2D eigenvalue weighted by molar-refractivity contribution is 0.0486. The Morgan fingerprint density at radius 1 is 1.24 bits per heavy atom. The molecule has 0 heterocycles. The fraction of sp³-hybridized carbons (Fsp3) is 0.400. The maximum atomic E-state index is 12.8. The van der Waals surface area contributed by atoms with Gasteiger partial charge in [-0.05, 0) is 19.1 Å². The number of hydrogen-bond donors (Lipinski definition) is 0. The molecule has 0 amide bonds. The third-order valence-corrected chi connectivity index (χ3v) is 2.65.